The first-order chi connectivity index (χ1) is 11.2. The molecule has 1 aliphatic heterocycles. The van der Waals surface area contributed by atoms with Gasteiger partial charge in [0.25, 0.3) is 0 Å². The van der Waals surface area contributed by atoms with Gasteiger partial charge in [0.15, 0.2) is 0 Å². The third kappa shape index (κ3) is 2.52. The van der Waals surface area contributed by atoms with E-state index in [2.05, 4.69) is 60.2 Å². The van der Waals surface area contributed by atoms with Gasteiger partial charge in [-0.2, -0.15) is 0 Å². The van der Waals surface area contributed by atoms with E-state index in [1.165, 1.54) is 16.5 Å². The Balaban J connectivity index is 1.55. The topological polar surface area (TPSA) is 25.2 Å². The van der Waals surface area contributed by atoms with Gasteiger partial charge in [0.2, 0.25) is 5.91 Å². The van der Waals surface area contributed by atoms with Crippen LogP contribution in [0.1, 0.15) is 24.2 Å². The summed E-state index contributed by atoms with van der Waals surface area (Å²) in [5.41, 5.74) is 2.31. The molecule has 0 N–H and O–H groups in total. The minimum absolute atomic E-state index is 0.145. The molecule has 3 heteroatoms. The van der Waals surface area contributed by atoms with Gasteiger partial charge < -0.3 is 9.47 Å². The van der Waals surface area contributed by atoms with Gasteiger partial charge >= 0.3 is 0 Å². The Morgan fingerprint density at radius 3 is 2.74 bits per heavy atom. The molecule has 0 saturated carbocycles. The number of fused-ring (bicyclic) bond motifs is 2. The van der Waals surface area contributed by atoms with Crippen LogP contribution in [0.2, 0.25) is 0 Å². The second kappa shape index (κ2) is 5.58. The third-order valence-corrected chi connectivity index (χ3v) is 4.83. The standard InChI is InChI=1S/C20H20N2O/c1-15-19-7-4-10-21(19)11-12-22(15)20(23)14-16-8-9-17-5-2-3-6-18(17)13-16/h2-10,13,15H,11-12,14H2,1H3/t15-/m0/s1. The molecule has 1 aliphatic rings. The number of rotatable bonds is 2. The van der Waals surface area contributed by atoms with E-state index in [-0.39, 0.29) is 11.9 Å². The van der Waals surface area contributed by atoms with Gasteiger partial charge in [-0.05, 0) is 35.4 Å². The molecule has 3 nitrogen and oxygen atoms in total. The van der Waals surface area contributed by atoms with Crippen molar-refractivity contribution in [3.05, 3.63) is 72.1 Å². The van der Waals surface area contributed by atoms with Gasteiger partial charge in [-0.3, -0.25) is 4.79 Å². The zero-order valence-electron chi connectivity index (χ0n) is 13.3. The van der Waals surface area contributed by atoms with Crippen LogP contribution in [0.25, 0.3) is 10.8 Å². The van der Waals surface area contributed by atoms with E-state index in [4.69, 9.17) is 0 Å². The van der Waals surface area contributed by atoms with E-state index in [9.17, 15) is 4.79 Å². The molecule has 0 radical (unpaired) electrons. The molecule has 2 heterocycles. The fraction of sp³-hybridized carbons (Fsp3) is 0.250. The molecule has 1 amide bonds. The molecule has 4 rings (SSSR count). The number of carbonyl (C=O) groups is 1. The van der Waals surface area contributed by atoms with Gasteiger partial charge in [-0.15, -0.1) is 0 Å². The van der Waals surface area contributed by atoms with Gasteiger partial charge in [0.1, 0.15) is 0 Å². The predicted octanol–water partition coefficient (Wildman–Crippen LogP) is 3.79. The summed E-state index contributed by atoms with van der Waals surface area (Å²) in [6.45, 7) is 3.79. The molecule has 0 spiro atoms. The van der Waals surface area contributed by atoms with E-state index in [0.29, 0.717) is 6.42 Å². The minimum Gasteiger partial charge on any atom is -0.348 e. The molecule has 0 bridgehead atoms. The number of hydrogen-bond donors (Lipinski definition) is 0. The molecule has 3 aromatic rings. The number of nitrogens with zero attached hydrogens (tertiary/aromatic N) is 2. The van der Waals surface area contributed by atoms with Gasteiger partial charge in [-0.25, -0.2) is 0 Å². The van der Waals surface area contributed by atoms with Gasteiger partial charge in [-0.1, -0.05) is 42.5 Å². The first-order valence-corrected chi connectivity index (χ1v) is 8.14. The summed E-state index contributed by atoms with van der Waals surface area (Å²) in [6.07, 6.45) is 2.56. The lowest BCUT2D eigenvalue weighted by Gasteiger charge is -2.35. The predicted molar refractivity (Wildman–Crippen MR) is 92.2 cm³/mol. The van der Waals surface area contributed by atoms with Gasteiger partial charge in [0, 0.05) is 25.0 Å². The third-order valence-electron chi connectivity index (χ3n) is 4.83. The van der Waals surface area contributed by atoms with Crippen molar-refractivity contribution in [1.29, 1.82) is 0 Å². The molecule has 1 atom stereocenters. The smallest absolute Gasteiger partial charge is 0.227 e. The lowest BCUT2D eigenvalue weighted by molar-refractivity contribution is -0.133. The van der Waals surface area contributed by atoms with Crippen LogP contribution in [0.15, 0.2) is 60.8 Å². The van der Waals surface area contributed by atoms with Crippen molar-refractivity contribution in [1.82, 2.24) is 9.47 Å². The first-order valence-electron chi connectivity index (χ1n) is 8.14. The maximum Gasteiger partial charge on any atom is 0.227 e. The number of hydrogen-bond acceptors (Lipinski definition) is 1. The number of aromatic nitrogens is 1. The second-order valence-electron chi connectivity index (χ2n) is 6.25. The zero-order valence-corrected chi connectivity index (χ0v) is 13.3. The molecule has 0 saturated heterocycles. The average molecular weight is 304 g/mol. The lowest BCUT2D eigenvalue weighted by atomic mass is 10.0. The van der Waals surface area contributed by atoms with Crippen molar-refractivity contribution < 1.29 is 4.79 Å². The van der Waals surface area contributed by atoms with E-state index < -0.39 is 0 Å². The fourth-order valence-electron chi connectivity index (χ4n) is 3.54. The van der Waals surface area contributed by atoms with Crippen LogP contribution in [0.4, 0.5) is 0 Å². The van der Waals surface area contributed by atoms with Crippen LogP contribution in [-0.4, -0.2) is 21.9 Å². The van der Waals surface area contributed by atoms with E-state index >= 15 is 0 Å². The zero-order chi connectivity index (χ0) is 15.8. The summed E-state index contributed by atoms with van der Waals surface area (Å²) in [4.78, 5) is 14.8. The van der Waals surface area contributed by atoms with Crippen LogP contribution in [0.3, 0.4) is 0 Å². The van der Waals surface area contributed by atoms with E-state index in [1.807, 2.05) is 17.0 Å². The molecule has 0 unspecified atom stereocenters. The number of benzene rings is 2. The molecule has 2 aromatic carbocycles. The summed E-state index contributed by atoms with van der Waals surface area (Å²) >= 11 is 0. The molecular formula is C20H20N2O. The van der Waals surface area contributed by atoms with Crippen LogP contribution < -0.4 is 0 Å². The van der Waals surface area contributed by atoms with Crippen molar-refractivity contribution in [3.8, 4) is 0 Å². The quantitative estimate of drug-likeness (QED) is 0.707. The second-order valence-corrected chi connectivity index (χ2v) is 6.25. The first kappa shape index (κ1) is 14.1. The molecular weight excluding hydrogens is 284 g/mol. The summed E-state index contributed by atoms with van der Waals surface area (Å²) in [5, 5.41) is 2.41. The maximum atomic E-state index is 12.8. The van der Waals surface area contributed by atoms with Crippen molar-refractivity contribution in [2.45, 2.75) is 25.9 Å². The molecule has 116 valence electrons. The highest BCUT2D eigenvalue weighted by atomic mass is 16.2. The highest BCUT2D eigenvalue weighted by Gasteiger charge is 2.27. The average Bonchev–Trinajstić information content (AvgIpc) is 3.04. The molecule has 1 aromatic heterocycles. The Morgan fingerprint density at radius 1 is 1.04 bits per heavy atom. The Kier molecular flexibility index (Phi) is 3.41. The maximum absolute atomic E-state index is 12.8. The number of amides is 1. The Bertz CT molecular complexity index is 865. The highest BCUT2D eigenvalue weighted by Crippen LogP contribution is 2.26. The summed E-state index contributed by atoms with van der Waals surface area (Å²) in [6, 6.07) is 18.9. The Morgan fingerprint density at radius 2 is 1.87 bits per heavy atom. The van der Waals surface area contributed by atoms with Crippen molar-refractivity contribution >= 4 is 16.7 Å². The monoisotopic (exact) mass is 304 g/mol. The summed E-state index contributed by atoms with van der Waals surface area (Å²) in [7, 11) is 0. The summed E-state index contributed by atoms with van der Waals surface area (Å²) in [5.74, 6) is 0.209. The Labute approximate surface area is 136 Å². The van der Waals surface area contributed by atoms with Crippen molar-refractivity contribution in [2.75, 3.05) is 6.54 Å². The van der Waals surface area contributed by atoms with Crippen LogP contribution in [-0.2, 0) is 17.8 Å². The van der Waals surface area contributed by atoms with Crippen molar-refractivity contribution in [3.63, 3.8) is 0 Å². The lowest BCUT2D eigenvalue weighted by Crippen LogP contribution is -2.41. The van der Waals surface area contributed by atoms with Gasteiger partial charge in [0.05, 0.1) is 12.5 Å². The molecule has 23 heavy (non-hydrogen) atoms. The molecule has 0 fully saturated rings. The normalized spacial score (nSPS) is 17.3. The number of carbonyl (C=O) groups excluding carboxylic acids is 1. The summed E-state index contributed by atoms with van der Waals surface area (Å²) < 4.78 is 2.24. The van der Waals surface area contributed by atoms with Crippen LogP contribution >= 0.6 is 0 Å². The highest BCUT2D eigenvalue weighted by molar-refractivity contribution is 5.85. The minimum atomic E-state index is 0.145. The Hall–Kier alpha value is -2.55. The largest absolute Gasteiger partial charge is 0.348 e. The van der Waals surface area contributed by atoms with Crippen LogP contribution in [0.5, 0.6) is 0 Å². The molecule has 0 aliphatic carbocycles. The van der Waals surface area contributed by atoms with E-state index in [0.717, 1.165) is 18.7 Å². The fourth-order valence-corrected chi connectivity index (χ4v) is 3.54. The van der Waals surface area contributed by atoms with E-state index in [1.54, 1.807) is 0 Å². The SMILES string of the molecule is C[C@H]1c2cccn2CCN1C(=O)Cc1ccc2ccccc2c1. The van der Waals surface area contributed by atoms with Crippen LogP contribution in [0, 0.1) is 0 Å². The van der Waals surface area contributed by atoms with Crippen molar-refractivity contribution in [2.24, 2.45) is 0 Å².